The first-order valence-electron chi connectivity index (χ1n) is 6.64. The summed E-state index contributed by atoms with van der Waals surface area (Å²) in [6.45, 7) is 2.17. The third kappa shape index (κ3) is 2.65. The van der Waals surface area contributed by atoms with Crippen LogP contribution in [0.5, 0.6) is 0 Å². The van der Waals surface area contributed by atoms with E-state index in [1.54, 1.807) is 11.3 Å². The fraction of sp³-hybridized carbons (Fsp3) is 0.188. The lowest BCUT2D eigenvalue weighted by Gasteiger charge is -2.16. The number of aromatic nitrogens is 1. The van der Waals surface area contributed by atoms with Crippen molar-refractivity contribution in [2.45, 2.75) is 19.4 Å². The Labute approximate surface area is 127 Å². The average molecular weight is 303 g/mol. The number of thiazole rings is 1. The highest BCUT2D eigenvalue weighted by Crippen LogP contribution is 2.33. The molecule has 102 valence electrons. The van der Waals surface area contributed by atoms with E-state index >= 15 is 0 Å². The van der Waals surface area contributed by atoms with Gasteiger partial charge in [0, 0.05) is 0 Å². The Bertz CT molecular complexity index is 709. The molecule has 1 N–H and O–H groups in total. The van der Waals surface area contributed by atoms with Crippen molar-refractivity contribution >= 4 is 38.3 Å². The monoisotopic (exact) mass is 302 g/mol. The van der Waals surface area contributed by atoms with Gasteiger partial charge in [0.25, 0.3) is 0 Å². The summed E-state index contributed by atoms with van der Waals surface area (Å²) in [5.74, 6) is 0. The molecule has 1 aromatic heterocycles. The number of rotatable bonds is 4. The molecule has 1 heterocycles. The minimum absolute atomic E-state index is 0.274. The Kier molecular flexibility index (Phi) is 3.90. The van der Waals surface area contributed by atoms with Crippen molar-refractivity contribution in [2.24, 2.45) is 0 Å². The van der Waals surface area contributed by atoms with Gasteiger partial charge in [-0.25, -0.2) is 4.98 Å². The van der Waals surface area contributed by atoms with Crippen molar-refractivity contribution in [1.29, 1.82) is 0 Å². The molecule has 0 amide bonds. The lowest BCUT2D eigenvalue weighted by Crippen LogP contribution is -2.09. The topological polar surface area (TPSA) is 24.9 Å². The highest BCUT2D eigenvalue weighted by atomic mass is 35.5. The van der Waals surface area contributed by atoms with Crippen molar-refractivity contribution in [2.75, 3.05) is 5.32 Å². The van der Waals surface area contributed by atoms with Gasteiger partial charge in [-0.15, -0.1) is 0 Å². The van der Waals surface area contributed by atoms with Gasteiger partial charge in [-0.2, -0.15) is 0 Å². The van der Waals surface area contributed by atoms with Gasteiger partial charge in [-0.3, -0.25) is 0 Å². The van der Waals surface area contributed by atoms with Gasteiger partial charge in [-0.05, 0) is 24.1 Å². The van der Waals surface area contributed by atoms with Crippen LogP contribution in [0.1, 0.15) is 24.9 Å². The van der Waals surface area contributed by atoms with Gasteiger partial charge in [0.05, 0.1) is 21.3 Å². The lowest BCUT2D eigenvalue weighted by molar-refractivity contribution is 0.748. The second-order valence-electron chi connectivity index (χ2n) is 4.62. The largest absolute Gasteiger partial charge is 0.355 e. The second kappa shape index (κ2) is 5.81. The molecular formula is C16H15ClN2S. The van der Waals surface area contributed by atoms with E-state index in [1.165, 1.54) is 5.56 Å². The molecule has 20 heavy (non-hydrogen) atoms. The quantitative estimate of drug-likeness (QED) is 0.687. The molecule has 0 aliphatic carbocycles. The summed E-state index contributed by atoms with van der Waals surface area (Å²) in [6, 6.07) is 16.5. The lowest BCUT2D eigenvalue weighted by atomic mass is 10.1. The molecule has 0 saturated carbocycles. The SMILES string of the molecule is CCC(Nc1nc2cccc(Cl)c2s1)c1ccccc1. The molecule has 4 heteroatoms. The zero-order valence-electron chi connectivity index (χ0n) is 11.1. The highest BCUT2D eigenvalue weighted by molar-refractivity contribution is 7.22. The Morgan fingerprint density at radius 3 is 2.65 bits per heavy atom. The van der Waals surface area contributed by atoms with Crippen LogP contribution in [0, 0.1) is 0 Å². The standard InChI is InChI=1S/C16H15ClN2S/c1-2-13(11-7-4-3-5-8-11)18-16-19-14-10-6-9-12(17)15(14)20-16/h3-10,13H,2H2,1H3,(H,18,19). The molecule has 0 bridgehead atoms. The third-order valence-corrected chi connectivity index (χ3v) is 4.74. The molecule has 2 nitrogen and oxygen atoms in total. The first-order chi connectivity index (χ1) is 9.78. The summed E-state index contributed by atoms with van der Waals surface area (Å²) < 4.78 is 1.04. The average Bonchev–Trinajstić information content (AvgIpc) is 2.90. The van der Waals surface area contributed by atoms with Crippen molar-refractivity contribution < 1.29 is 0 Å². The summed E-state index contributed by atoms with van der Waals surface area (Å²) in [6.07, 6.45) is 1.01. The van der Waals surface area contributed by atoms with Gasteiger partial charge < -0.3 is 5.32 Å². The first kappa shape index (κ1) is 13.4. The van der Waals surface area contributed by atoms with Gasteiger partial charge in [0.2, 0.25) is 0 Å². The predicted octanol–water partition coefficient (Wildman–Crippen LogP) is 5.51. The molecule has 2 aromatic carbocycles. The third-order valence-electron chi connectivity index (χ3n) is 3.27. The molecule has 1 atom stereocenters. The number of nitrogens with zero attached hydrogens (tertiary/aromatic N) is 1. The van der Waals surface area contributed by atoms with E-state index in [-0.39, 0.29) is 6.04 Å². The molecule has 0 saturated heterocycles. The van der Waals surface area contributed by atoms with E-state index in [2.05, 4.69) is 41.5 Å². The minimum Gasteiger partial charge on any atom is -0.355 e. The summed E-state index contributed by atoms with van der Waals surface area (Å²) in [5.41, 5.74) is 2.23. The molecular weight excluding hydrogens is 288 g/mol. The highest BCUT2D eigenvalue weighted by Gasteiger charge is 2.12. The minimum atomic E-state index is 0.274. The van der Waals surface area contributed by atoms with E-state index in [4.69, 9.17) is 11.6 Å². The molecule has 3 aromatic rings. The Morgan fingerprint density at radius 2 is 1.95 bits per heavy atom. The van der Waals surface area contributed by atoms with E-state index < -0.39 is 0 Å². The summed E-state index contributed by atoms with van der Waals surface area (Å²) in [7, 11) is 0. The van der Waals surface area contributed by atoms with Crippen molar-refractivity contribution in [3.8, 4) is 0 Å². The fourth-order valence-electron chi connectivity index (χ4n) is 2.23. The fourth-order valence-corrected chi connectivity index (χ4v) is 3.44. The smallest absolute Gasteiger partial charge is 0.184 e. The van der Waals surface area contributed by atoms with Crippen LogP contribution >= 0.6 is 22.9 Å². The molecule has 0 aliphatic rings. The molecule has 3 rings (SSSR count). The predicted molar refractivity (Wildman–Crippen MR) is 87.7 cm³/mol. The van der Waals surface area contributed by atoms with Gasteiger partial charge in [0.15, 0.2) is 5.13 Å². The first-order valence-corrected chi connectivity index (χ1v) is 7.84. The molecule has 0 spiro atoms. The number of hydrogen-bond acceptors (Lipinski definition) is 3. The summed E-state index contributed by atoms with van der Waals surface area (Å²) in [4.78, 5) is 4.61. The van der Waals surface area contributed by atoms with E-state index in [1.807, 2.05) is 24.3 Å². The maximum atomic E-state index is 6.20. The number of benzene rings is 2. The number of halogens is 1. The van der Waals surface area contributed by atoms with Crippen LogP contribution in [0.4, 0.5) is 5.13 Å². The van der Waals surface area contributed by atoms with E-state index in [0.29, 0.717) is 0 Å². The van der Waals surface area contributed by atoms with Crippen LogP contribution in [0.25, 0.3) is 10.2 Å². The zero-order valence-corrected chi connectivity index (χ0v) is 12.7. The molecule has 1 unspecified atom stereocenters. The number of anilines is 1. The number of fused-ring (bicyclic) bond motifs is 1. The Morgan fingerprint density at radius 1 is 1.15 bits per heavy atom. The second-order valence-corrected chi connectivity index (χ2v) is 6.03. The van der Waals surface area contributed by atoms with Crippen molar-refractivity contribution in [3.63, 3.8) is 0 Å². The summed E-state index contributed by atoms with van der Waals surface area (Å²) >= 11 is 7.81. The molecule has 0 aliphatic heterocycles. The van der Waals surface area contributed by atoms with Crippen LogP contribution in [-0.4, -0.2) is 4.98 Å². The Balaban J connectivity index is 1.90. The maximum Gasteiger partial charge on any atom is 0.184 e. The molecule has 0 radical (unpaired) electrons. The van der Waals surface area contributed by atoms with Crippen LogP contribution in [0.15, 0.2) is 48.5 Å². The van der Waals surface area contributed by atoms with Gasteiger partial charge in [0.1, 0.15) is 0 Å². The van der Waals surface area contributed by atoms with Crippen molar-refractivity contribution in [1.82, 2.24) is 4.98 Å². The van der Waals surface area contributed by atoms with Crippen LogP contribution in [-0.2, 0) is 0 Å². The van der Waals surface area contributed by atoms with E-state index in [0.717, 1.165) is 26.8 Å². The van der Waals surface area contributed by atoms with E-state index in [9.17, 15) is 0 Å². The van der Waals surface area contributed by atoms with Gasteiger partial charge >= 0.3 is 0 Å². The zero-order chi connectivity index (χ0) is 13.9. The Hall–Kier alpha value is -1.58. The van der Waals surface area contributed by atoms with Crippen LogP contribution in [0.3, 0.4) is 0 Å². The van der Waals surface area contributed by atoms with Crippen LogP contribution in [0.2, 0.25) is 5.02 Å². The normalized spacial score (nSPS) is 12.5. The molecule has 0 fully saturated rings. The number of nitrogens with one attached hydrogen (secondary N) is 1. The van der Waals surface area contributed by atoms with Crippen molar-refractivity contribution in [3.05, 3.63) is 59.1 Å². The van der Waals surface area contributed by atoms with Crippen LogP contribution < -0.4 is 5.32 Å². The maximum absolute atomic E-state index is 6.20. The number of hydrogen-bond donors (Lipinski definition) is 1. The van der Waals surface area contributed by atoms with Gasteiger partial charge in [-0.1, -0.05) is 66.3 Å². The summed E-state index contributed by atoms with van der Waals surface area (Å²) in [5, 5.41) is 5.20.